The molecule has 7 nitrogen and oxygen atoms in total. The van der Waals surface area contributed by atoms with Gasteiger partial charge in [0.25, 0.3) is 0 Å². The van der Waals surface area contributed by atoms with Crippen LogP contribution in [0.25, 0.3) is 5.69 Å². The van der Waals surface area contributed by atoms with Gasteiger partial charge in [0.2, 0.25) is 11.7 Å². The number of methoxy groups -OCH3 is 3. The van der Waals surface area contributed by atoms with Gasteiger partial charge in [-0.15, -0.1) is 0 Å². The summed E-state index contributed by atoms with van der Waals surface area (Å²) in [6.07, 6.45) is 2.00. The third kappa shape index (κ3) is 4.66. The zero-order valence-corrected chi connectivity index (χ0v) is 18.9. The molecular weight excluding hydrogens is 394 g/mol. The van der Waals surface area contributed by atoms with Crippen LogP contribution in [0.2, 0.25) is 0 Å². The fraction of sp³-hybridized carbons (Fsp3) is 0.333. The summed E-state index contributed by atoms with van der Waals surface area (Å²) in [6.45, 7) is 6.02. The number of carbonyl (C=O) groups is 1. The highest BCUT2D eigenvalue weighted by atomic mass is 16.5. The summed E-state index contributed by atoms with van der Waals surface area (Å²) in [5.41, 5.74) is 4.91. The minimum absolute atomic E-state index is 0.107. The number of nitrogens with zero attached hydrogens (tertiary/aromatic N) is 2. The lowest BCUT2D eigenvalue weighted by atomic mass is 10.1. The first-order valence-corrected chi connectivity index (χ1v) is 10.1. The molecule has 164 valence electrons. The van der Waals surface area contributed by atoms with Crippen LogP contribution in [-0.4, -0.2) is 37.0 Å². The molecule has 31 heavy (non-hydrogen) atoms. The van der Waals surface area contributed by atoms with Gasteiger partial charge in [-0.2, -0.15) is 5.10 Å². The number of benzene rings is 2. The van der Waals surface area contributed by atoms with E-state index in [4.69, 9.17) is 14.2 Å². The molecule has 7 heteroatoms. The first-order chi connectivity index (χ1) is 14.9. The number of hydrogen-bond acceptors (Lipinski definition) is 5. The fourth-order valence-corrected chi connectivity index (χ4v) is 3.68. The Morgan fingerprint density at radius 1 is 1.06 bits per heavy atom. The molecule has 1 aromatic heterocycles. The van der Waals surface area contributed by atoms with Gasteiger partial charge in [-0.1, -0.05) is 18.2 Å². The van der Waals surface area contributed by atoms with E-state index in [0.717, 1.165) is 28.1 Å². The Bertz CT molecular complexity index is 1050. The molecule has 0 unspecified atom stereocenters. The number of amides is 1. The van der Waals surface area contributed by atoms with Crippen molar-refractivity contribution in [3.63, 3.8) is 0 Å². The van der Waals surface area contributed by atoms with Gasteiger partial charge >= 0.3 is 0 Å². The third-order valence-electron chi connectivity index (χ3n) is 5.32. The second kappa shape index (κ2) is 9.55. The molecule has 1 N–H and O–H groups in total. The van der Waals surface area contributed by atoms with E-state index < -0.39 is 0 Å². The normalized spacial score (nSPS) is 11.7. The predicted octanol–water partition coefficient (Wildman–Crippen LogP) is 3.93. The van der Waals surface area contributed by atoms with E-state index in [9.17, 15) is 4.79 Å². The average Bonchev–Trinajstić information content (AvgIpc) is 3.14. The molecular formula is C24H29N3O4. The number of nitrogens with one attached hydrogen (secondary N) is 1. The second-order valence-corrected chi connectivity index (χ2v) is 7.38. The molecule has 0 fully saturated rings. The minimum atomic E-state index is -0.188. The summed E-state index contributed by atoms with van der Waals surface area (Å²) < 4.78 is 18.0. The molecule has 1 amide bonds. The van der Waals surface area contributed by atoms with Gasteiger partial charge in [0.1, 0.15) is 0 Å². The Hall–Kier alpha value is -3.48. The van der Waals surface area contributed by atoms with Gasteiger partial charge in [0.05, 0.1) is 45.7 Å². The zero-order valence-electron chi connectivity index (χ0n) is 18.9. The molecule has 2 aromatic carbocycles. The Morgan fingerprint density at radius 3 is 2.29 bits per heavy atom. The average molecular weight is 424 g/mol. The minimum Gasteiger partial charge on any atom is -0.493 e. The maximum absolute atomic E-state index is 12.7. The molecule has 0 saturated heterocycles. The van der Waals surface area contributed by atoms with Gasteiger partial charge in [-0.05, 0) is 50.1 Å². The summed E-state index contributed by atoms with van der Waals surface area (Å²) in [7, 11) is 4.66. The highest BCUT2D eigenvalue weighted by molar-refractivity contribution is 5.79. The number of aryl methyl sites for hydroxylation is 1. The van der Waals surface area contributed by atoms with Gasteiger partial charge in [-0.25, -0.2) is 4.68 Å². The van der Waals surface area contributed by atoms with Crippen molar-refractivity contribution in [1.82, 2.24) is 15.1 Å². The van der Waals surface area contributed by atoms with Crippen molar-refractivity contribution in [2.75, 3.05) is 21.3 Å². The molecule has 0 aliphatic heterocycles. The van der Waals surface area contributed by atoms with Crippen LogP contribution in [0.4, 0.5) is 0 Å². The van der Waals surface area contributed by atoms with Crippen LogP contribution in [0.15, 0.2) is 42.6 Å². The Morgan fingerprint density at radius 2 is 1.71 bits per heavy atom. The van der Waals surface area contributed by atoms with Crippen molar-refractivity contribution in [3.8, 4) is 22.9 Å². The van der Waals surface area contributed by atoms with Crippen molar-refractivity contribution in [1.29, 1.82) is 0 Å². The number of rotatable bonds is 8. The molecule has 1 atom stereocenters. The summed E-state index contributed by atoms with van der Waals surface area (Å²) in [5, 5.41) is 7.61. The van der Waals surface area contributed by atoms with Crippen LogP contribution < -0.4 is 19.5 Å². The van der Waals surface area contributed by atoms with E-state index in [0.29, 0.717) is 17.2 Å². The van der Waals surface area contributed by atoms with Gasteiger partial charge < -0.3 is 19.5 Å². The molecule has 1 heterocycles. The van der Waals surface area contributed by atoms with Crippen LogP contribution in [0.3, 0.4) is 0 Å². The van der Waals surface area contributed by atoms with Crippen molar-refractivity contribution >= 4 is 5.91 Å². The SMILES string of the molecule is COc1cc(CC(=O)N[C@H](C)c2cnn(-c3ccccc3C)c2C)cc(OC)c1OC. The molecule has 3 rings (SSSR count). The van der Waals surface area contributed by atoms with Crippen LogP contribution >= 0.6 is 0 Å². The first kappa shape index (κ1) is 22.2. The lowest BCUT2D eigenvalue weighted by Crippen LogP contribution is -2.28. The Labute approximate surface area is 182 Å². The smallest absolute Gasteiger partial charge is 0.224 e. The van der Waals surface area contributed by atoms with Crippen molar-refractivity contribution in [3.05, 3.63) is 65.0 Å². The van der Waals surface area contributed by atoms with E-state index in [1.807, 2.05) is 42.9 Å². The second-order valence-electron chi connectivity index (χ2n) is 7.38. The third-order valence-corrected chi connectivity index (χ3v) is 5.32. The van der Waals surface area contributed by atoms with E-state index in [-0.39, 0.29) is 18.4 Å². The van der Waals surface area contributed by atoms with E-state index in [1.165, 1.54) is 0 Å². The monoisotopic (exact) mass is 423 g/mol. The van der Waals surface area contributed by atoms with Crippen molar-refractivity contribution in [2.45, 2.75) is 33.2 Å². The van der Waals surface area contributed by atoms with E-state index in [1.54, 1.807) is 33.5 Å². The van der Waals surface area contributed by atoms with Gasteiger partial charge in [0, 0.05) is 11.3 Å². The lowest BCUT2D eigenvalue weighted by Gasteiger charge is -2.16. The molecule has 0 aliphatic rings. The molecule has 0 radical (unpaired) electrons. The first-order valence-electron chi connectivity index (χ1n) is 10.1. The molecule has 0 bridgehead atoms. The van der Waals surface area contributed by atoms with Gasteiger partial charge in [0.15, 0.2) is 11.5 Å². The standard InChI is InChI=1S/C24H29N3O4/c1-15-9-7-8-10-20(15)27-17(3)19(14-25-27)16(2)26-23(28)13-18-11-21(29-4)24(31-6)22(12-18)30-5/h7-12,14,16H,13H2,1-6H3,(H,26,28)/t16-/m1/s1. The topological polar surface area (TPSA) is 74.6 Å². The Kier molecular flexibility index (Phi) is 6.84. The predicted molar refractivity (Wildman–Crippen MR) is 119 cm³/mol. The lowest BCUT2D eigenvalue weighted by molar-refractivity contribution is -0.121. The maximum atomic E-state index is 12.7. The highest BCUT2D eigenvalue weighted by Gasteiger charge is 2.19. The highest BCUT2D eigenvalue weighted by Crippen LogP contribution is 2.38. The summed E-state index contributed by atoms with van der Waals surface area (Å²) in [4.78, 5) is 12.7. The fourth-order valence-electron chi connectivity index (χ4n) is 3.68. The molecule has 3 aromatic rings. The van der Waals surface area contributed by atoms with Crippen molar-refractivity contribution in [2.24, 2.45) is 0 Å². The van der Waals surface area contributed by atoms with Crippen LogP contribution in [0.5, 0.6) is 17.2 Å². The van der Waals surface area contributed by atoms with Crippen LogP contribution in [0, 0.1) is 13.8 Å². The number of aromatic nitrogens is 2. The summed E-state index contributed by atoms with van der Waals surface area (Å²) in [5.74, 6) is 1.44. The molecule has 0 saturated carbocycles. The number of carbonyl (C=O) groups excluding carboxylic acids is 1. The largest absolute Gasteiger partial charge is 0.493 e. The maximum Gasteiger partial charge on any atom is 0.224 e. The molecule has 0 spiro atoms. The van der Waals surface area contributed by atoms with Crippen molar-refractivity contribution < 1.29 is 19.0 Å². The van der Waals surface area contributed by atoms with Crippen LogP contribution in [-0.2, 0) is 11.2 Å². The van der Waals surface area contributed by atoms with E-state index >= 15 is 0 Å². The van der Waals surface area contributed by atoms with Crippen LogP contribution in [0.1, 0.15) is 35.3 Å². The van der Waals surface area contributed by atoms with E-state index in [2.05, 4.69) is 23.4 Å². The number of ether oxygens (including phenoxy) is 3. The number of para-hydroxylation sites is 1. The number of hydrogen-bond donors (Lipinski definition) is 1. The molecule has 0 aliphatic carbocycles. The summed E-state index contributed by atoms with van der Waals surface area (Å²) >= 11 is 0. The Balaban J connectivity index is 1.76. The quantitative estimate of drug-likeness (QED) is 0.594. The van der Waals surface area contributed by atoms with Gasteiger partial charge in [-0.3, -0.25) is 4.79 Å². The summed E-state index contributed by atoms with van der Waals surface area (Å²) in [6, 6.07) is 11.5. The zero-order chi connectivity index (χ0) is 22.5.